The van der Waals surface area contributed by atoms with E-state index in [2.05, 4.69) is 24.1 Å². The summed E-state index contributed by atoms with van der Waals surface area (Å²) >= 11 is 1.51. The number of hydrogen-bond donors (Lipinski definition) is 3. The Morgan fingerprint density at radius 2 is 2.24 bits per heavy atom. The van der Waals surface area contributed by atoms with Crippen molar-refractivity contribution >= 4 is 22.4 Å². The minimum Gasteiger partial charge on any atom is -0.507 e. The van der Waals surface area contributed by atoms with Gasteiger partial charge in [0.1, 0.15) is 5.75 Å². The number of carbonyl (C=O) groups excluding carboxylic acids is 1. The first-order valence-corrected chi connectivity index (χ1v) is 7.68. The monoisotopic (exact) mass is 305 g/mol. The van der Waals surface area contributed by atoms with Crippen LogP contribution in [-0.4, -0.2) is 22.5 Å². The van der Waals surface area contributed by atoms with Crippen molar-refractivity contribution in [2.45, 2.75) is 20.3 Å². The average molecular weight is 305 g/mol. The Morgan fingerprint density at radius 1 is 1.48 bits per heavy atom. The number of benzene rings is 1. The predicted molar refractivity (Wildman–Crippen MR) is 85.7 cm³/mol. The highest BCUT2D eigenvalue weighted by atomic mass is 32.1. The van der Waals surface area contributed by atoms with Crippen molar-refractivity contribution < 1.29 is 9.90 Å². The van der Waals surface area contributed by atoms with E-state index in [4.69, 9.17) is 5.73 Å². The SMILES string of the molecule is CC(C)CCNc1nc(-c2ccc(O)c(C(N)=O)c2)cs1. The molecule has 0 spiro atoms. The van der Waals surface area contributed by atoms with E-state index in [-0.39, 0.29) is 11.3 Å². The molecule has 2 rings (SSSR count). The van der Waals surface area contributed by atoms with Crippen LogP contribution in [0.4, 0.5) is 5.13 Å². The molecule has 5 nitrogen and oxygen atoms in total. The second-order valence-electron chi connectivity index (χ2n) is 5.24. The van der Waals surface area contributed by atoms with E-state index in [0.29, 0.717) is 5.92 Å². The largest absolute Gasteiger partial charge is 0.507 e. The second-order valence-corrected chi connectivity index (χ2v) is 6.10. The summed E-state index contributed by atoms with van der Waals surface area (Å²) in [6.07, 6.45) is 1.08. The maximum absolute atomic E-state index is 11.2. The number of phenols is 1. The zero-order valence-electron chi connectivity index (χ0n) is 12.1. The highest BCUT2D eigenvalue weighted by Gasteiger charge is 2.11. The van der Waals surface area contributed by atoms with Gasteiger partial charge in [-0.3, -0.25) is 4.79 Å². The first-order chi connectivity index (χ1) is 9.97. The molecule has 1 aromatic carbocycles. The standard InChI is InChI=1S/C15H19N3O2S/c1-9(2)5-6-17-15-18-12(8-21-15)10-3-4-13(19)11(7-10)14(16)20/h3-4,7-9,19H,5-6H2,1-2H3,(H2,16,20)(H,17,18). The van der Waals surface area contributed by atoms with E-state index in [1.54, 1.807) is 12.1 Å². The van der Waals surface area contributed by atoms with Gasteiger partial charge in [-0.2, -0.15) is 0 Å². The molecular weight excluding hydrogens is 286 g/mol. The Kier molecular flexibility index (Phi) is 4.80. The minimum atomic E-state index is -0.653. The van der Waals surface area contributed by atoms with Crippen LogP contribution in [0.5, 0.6) is 5.75 Å². The lowest BCUT2D eigenvalue weighted by atomic mass is 10.1. The van der Waals surface area contributed by atoms with E-state index < -0.39 is 5.91 Å². The molecule has 0 aliphatic rings. The van der Waals surface area contributed by atoms with Gasteiger partial charge in [0.25, 0.3) is 5.91 Å². The molecule has 0 bridgehead atoms. The van der Waals surface area contributed by atoms with Crippen molar-refractivity contribution in [2.24, 2.45) is 11.7 Å². The van der Waals surface area contributed by atoms with Crippen molar-refractivity contribution in [1.29, 1.82) is 0 Å². The molecule has 0 aliphatic heterocycles. The van der Waals surface area contributed by atoms with Crippen LogP contribution in [0.3, 0.4) is 0 Å². The molecule has 1 aromatic heterocycles. The number of nitrogens with two attached hydrogens (primary N) is 1. The second kappa shape index (κ2) is 6.58. The first kappa shape index (κ1) is 15.3. The summed E-state index contributed by atoms with van der Waals surface area (Å²) in [6, 6.07) is 4.74. The van der Waals surface area contributed by atoms with Crippen molar-refractivity contribution in [2.75, 3.05) is 11.9 Å². The molecule has 2 aromatic rings. The number of nitrogens with zero attached hydrogens (tertiary/aromatic N) is 1. The van der Waals surface area contributed by atoms with Crippen LogP contribution >= 0.6 is 11.3 Å². The number of nitrogens with one attached hydrogen (secondary N) is 1. The third kappa shape index (κ3) is 3.95. The summed E-state index contributed by atoms with van der Waals surface area (Å²) in [7, 11) is 0. The molecule has 1 amide bonds. The van der Waals surface area contributed by atoms with Crippen molar-refractivity contribution in [1.82, 2.24) is 4.98 Å². The number of thiazole rings is 1. The van der Waals surface area contributed by atoms with E-state index in [9.17, 15) is 9.90 Å². The molecule has 1 heterocycles. The topological polar surface area (TPSA) is 88.2 Å². The number of aromatic hydroxyl groups is 1. The highest BCUT2D eigenvalue weighted by molar-refractivity contribution is 7.14. The minimum absolute atomic E-state index is 0.106. The molecule has 6 heteroatoms. The van der Waals surface area contributed by atoms with Gasteiger partial charge in [-0.15, -0.1) is 11.3 Å². The summed E-state index contributed by atoms with van der Waals surface area (Å²) in [6.45, 7) is 5.24. The number of anilines is 1. The third-order valence-corrected chi connectivity index (χ3v) is 3.86. The van der Waals surface area contributed by atoms with Crippen LogP contribution in [0.1, 0.15) is 30.6 Å². The fourth-order valence-electron chi connectivity index (χ4n) is 1.85. The lowest BCUT2D eigenvalue weighted by Gasteiger charge is -2.05. The van der Waals surface area contributed by atoms with Crippen LogP contribution in [0.15, 0.2) is 23.6 Å². The van der Waals surface area contributed by atoms with E-state index in [1.807, 2.05) is 5.38 Å². The Hall–Kier alpha value is -2.08. The maximum Gasteiger partial charge on any atom is 0.252 e. The van der Waals surface area contributed by atoms with Crippen LogP contribution in [-0.2, 0) is 0 Å². The van der Waals surface area contributed by atoms with E-state index in [0.717, 1.165) is 29.4 Å². The number of carbonyl (C=O) groups is 1. The summed E-state index contributed by atoms with van der Waals surface area (Å²) in [5, 5.41) is 15.6. The molecule has 0 saturated carbocycles. The molecule has 0 radical (unpaired) electrons. The lowest BCUT2D eigenvalue weighted by Crippen LogP contribution is -2.11. The van der Waals surface area contributed by atoms with Crippen LogP contribution in [0, 0.1) is 5.92 Å². The zero-order chi connectivity index (χ0) is 15.4. The molecule has 0 aliphatic carbocycles. The van der Waals surface area contributed by atoms with Gasteiger partial charge in [-0.05, 0) is 30.5 Å². The van der Waals surface area contributed by atoms with Gasteiger partial charge < -0.3 is 16.2 Å². The van der Waals surface area contributed by atoms with Gasteiger partial charge in [0.15, 0.2) is 5.13 Å². The molecule has 0 unspecified atom stereocenters. The van der Waals surface area contributed by atoms with Crippen molar-refractivity contribution in [3.63, 3.8) is 0 Å². The van der Waals surface area contributed by atoms with Crippen LogP contribution in [0.25, 0.3) is 11.3 Å². The summed E-state index contributed by atoms with van der Waals surface area (Å²) in [4.78, 5) is 15.7. The molecular formula is C15H19N3O2S. The third-order valence-electron chi connectivity index (χ3n) is 3.06. The normalized spacial score (nSPS) is 10.8. The van der Waals surface area contributed by atoms with Gasteiger partial charge in [-0.25, -0.2) is 4.98 Å². The van der Waals surface area contributed by atoms with E-state index >= 15 is 0 Å². The number of primary amides is 1. The van der Waals surface area contributed by atoms with Crippen molar-refractivity contribution in [3.05, 3.63) is 29.1 Å². The fourth-order valence-corrected chi connectivity index (χ4v) is 2.60. The lowest BCUT2D eigenvalue weighted by molar-refractivity contribution is 0.0998. The van der Waals surface area contributed by atoms with Gasteiger partial charge in [0.2, 0.25) is 0 Å². The molecule has 0 fully saturated rings. The Morgan fingerprint density at radius 3 is 2.90 bits per heavy atom. The number of amides is 1. The van der Waals surface area contributed by atoms with Crippen LogP contribution in [0.2, 0.25) is 0 Å². The van der Waals surface area contributed by atoms with E-state index in [1.165, 1.54) is 17.4 Å². The molecule has 112 valence electrons. The first-order valence-electron chi connectivity index (χ1n) is 6.80. The number of rotatable bonds is 6. The molecule has 4 N–H and O–H groups in total. The molecule has 0 atom stereocenters. The van der Waals surface area contributed by atoms with Crippen LogP contribution < -0.4 is 11.1 Å². The zero-order valence-corrected chi connectivity index (χ0v) is 12.9. The van der Waals surface area contributed by atoms with Crippen molar-refractivity contribution in [3.8, 4) is 17.0 Å². The quantitative estimate of drug-likeness (QED) is 0.765. The fraction of sp³-hybridized carbons (Fsp3) is 0.333. The van der Waals surface area contributed by atoms with Gasteiger partial charge in [-0.1, -0.05) is 13.8 Å². The number of hydrogen-bond acceptors (Lipinski definition) is 5. The Labute approximate surface area is 127 Å². The van der Waals surface area contributed by atoms with Gasteiger partial charge in [0, 0.05) is 17.5 Å². The Balaban J connectivity index is 2.14. The highest BCUT2D eigenvalue weighted by Crippen LogP contribution is 2.28. The summed E-state index contributed by atoms with van der Waals surface area (Å²) in [5.41, 5.74) is 6.86. The molecule has 21 heavy (non-hydrogen) atoms. The number of aromatic nitrogens is 1. The molecule has 0 saturated heterocycles. The summed E-state index contributed by atoms with van der Waals surface area (Å²) in [5.74, 6) is -0.122. The Bertz CT molecular complexity index is 638. The maximum atomic E-state index is 11.2. The van der Waals surface area contributed by atoms with Gasteiger partial charge in [0.05, 0.1) is 11.3 Å². The predicted octanol–water partition coefficient (Wildman–Crippen LogP) is 3.07. The average Bonchev–Trinajstić information content (AvgIpc) is 2.87. The van der Waals surface area contributed by atoms with Gasteiger partial charge >= 0.3 is 0 Å². The summed E-state index contributed by atoms with van der Waals surface area (Å²) < 4.78 is 0. The smallest absolute Gasteiger partial charge is 0.252 e.